The Morgan fingerprint density at radius 2 is 1.72 bits per heavy atom. The predicted octanol–water partition coefficient (Wildman–Crippen LogP) is 5.23. The highest BCUT2D eigenvalue weighted by Gasteiger charge is 2.11. The van der Waals surface area contributed by atoms with Crippen molar-refractivity contribution in [2.24, 2.45) is 0 Å². The van der Waals surface area contributed by atoms with E-state index >= 15 is 0 Å². The van der Waals surface area contributed by atoms with Crippen LogP contribution in [0.1, 0.15) is 0 Å². The average Bonchev–Trinajstić information content (AvgIpc) is 2.75. The lowest BCUT2D eigenvalue weighted by molar-refractivity contribution is 0.415. The standard InChI is InChI=1S/C15H11ClOS/c1-17-11-8-6-10(7-9-11)14-12-4-2-3-5-13(12)18-15(14)16/h2-9H,1H3. The summed E-state index contributed by atoms with van der Waals surface area (Å²) in [7, 11) is 1.67. The molecule has 0 atom stereocenters. The third kappa shape index (κ3) is 1.88. The van der Waals surface area contributed by atoms with Gasteiger partial charge in [0, 0.05) is 15.6 Å². The topological polar surface area (TPSA) is 9.23 Å². The molecule has 1 heterocycles. The number of rotatable bonds is 2. The van der Waals surface area contributed by atoms with E-state index in [1.165, 1.54) is 10.1 Å². The molecule has 3 heteroatoms. The normalized spacial score (nSPS) is 10.8. The lowest BCUT2D eigenvalue weighted by Gasteiger charge is -2.03. The van der Waals surface area contributed by atoms with E-state index in [9.17, 15) is 0 Å². The van der Waals surface area contributed by atoms with Crippen molar-refractivity contribution < 1.29 is 4.74 Å². The molecule has 3 rings (SSSR count). The molecule has 1 nitrogen and oxygen atoms in total. The van der Waals surface area contributed by atoms with Crippen molar-refractivity contribution in [3.05, 3.63) is 52.9 Å². The molecule has 0 aliphatic carbocycles. The van der Waals surface area contributed by atoms with Crippen LogP contribution in [0.15, 0.2) is 48.5 Å². The molecule has 0 saturated carbocycles. The van der Waals surface area contributed by atoms with Gasteiger partial charge in [-0.1, -0.05) is 41.9 Å². The van der Waals surface area contributed by atoms with Crippen molar-refractivity contribution in [2.45, 2.75) is 0 Å². The molecule has 0 spiro atoms. The molecule has 90 valence electrons. The van der Waals surface area contributed by atoms with Gasteiger partial charge in [0.1, 0.15) is 10.1 Å². The number of hydrogen-bond acceptors (Lipinski definition) is 2. The van der Waals surface area contributed by atoms with Crippen LogP contribution in [-0.2, 0) is 0 Å². The quantitative estimate of drug-likeness (QED) is 0.622. The number of ether oxygens (including phenoxy) is 1. The van der Waals surface area contributed by atoms with Crippen LogP contribution < -0.4 is 4.74 Å². The first kappa shape index (κ1) is 11.6. The van der Waals surface area contributed by atoms with Gasteiger partial charge in [0.05, 0.1) is 7.11 Å². The SMILES string of the molecule is COc1ccc(-c2c(Cl)sc3ccccc23)cc1. The Morgan fingerprint density at radius 1 is 1.00 bits per heavy atom. The summed E-state index contributed by atoms with van der Waals surface area (Å²) < 4.78 is 7.22. The van der Waals surface area contributed by atoms with Crippen LogP contribution in [0.4, 0.5) is 0 Å². The molecule has 0 unspecified atom stereocenters. The number of hydrogen-bond donors (Lipinski definition) is 0. The molecule has 3 aromatic rings. The Hall–Kier alpha value is -1.51. The molecule has 0 radical (unpaired) electrons. The van der Waals surface area contributed by atoms with Gasteiger partial charge in [-0.05, 0) is 23.8 Å². The van der Waals surface area contributed by atoms with Crippen molar-refractivity contribution in [2.75, 3.05) is 7.11 Å². The second kappa shape index (κ2) is 4.63. The molecular formula is C15H11ClOS. The number of thiophene rings is 1. The first-order chi connectivity index (χ1) is 8.79. The summed E-state index contributed by atoms with van der Waals surface area (Å²) in [5.41, 5.74) is 2.23. The molecule has 18 heavy (non-hydrogen) atoms. The minimum absolute atomic E-state index is 0.835. The molecule has 0 bridgehead atoms. The molecule has 0 fully saturated rings. The minimum Gasteiger partial charge on any atom is -0.497 e. The van der Waals surface area contributed by atoms with E-state index in [-0.39, 0.29) is 0 Å². The third-order valence-corrected chi connectivity index (χ3v) is 4.31. The summed E-state index contributed by atoms with van der Waals surface area (Å²) in [6.45, 7) is 0. The maximum Gasteiger partial charge on any atom is 0.118 e. The van der Waals surface area contributed by atoms with Gasteiger partial charge in [0.25, 0.3) is 0 Å². The smallest absolute Gasteiger partial charge is 0.118 e. The molecule has 2 aromatic carbocycles. The fourth-order valence-electron chi connectivity index (χ4n) is 2.04. The van der Waals surface area contributed by atoms with E-state index in [1.54, 1.807) is 18.4 Å². The summed E-state index contributed by atoms with van der Waals surface area (Å²) in [5.74, 6) is 0.856. The van der Waals surface area contributed by atoms with Crippen LogP contribution in [0.25, 0.3) is 21.2 Å². The largest absolute Gasteiger partial charge is 0.497 e. The molecule has 0 aliphatic rings. The molecular weight excluding hydrogens is 264 g/mol. The van der Waals surface area contributed by atoms with Crippen molar-refractivity contribution in [1.29, 1.82) is 0 Å². The van der Waals surface area contributed by atoms with Gasteiger partial charge in [-0.3, -0.25) is 0 Å². The Bertz CT molecular complexity index is 685. The maximum atomic E-state index is 6.36. The van der Waals surface area contributed by atoms with Gasteiger partial charge in [-0.2, -0.15) is 0 Å². The Balaban J connectivity index is 2.20. The average molecular weight is 275 g/mol. The monoisotopic (exact) mass is 274 g/mol. The highest BCUT2D eigenvalue weighted by Crippen LogP contribution is 2.42. The molecule has 0 N–H and O–H groups in total. The second-order valence-corrected chi connectivity index (χ2v) is 5.63. The van der Waals surface area contributed by atoms with Crippen LogP contribution in [0.2, 0.25) is 4.34 Å². The summed E-state index contributed by atoms with van der Waals surface area (Å²) >= 11 is 7.98. The third-order valence-electron chi connectivity index (χ3n) is 2.93. The Labute approximate surface area is 115 Å². The highest BCUT2D eigenvalue weighted by atomic mass is 35.5. The number of fused-ring (bicyclic) bond motifs is 1. The van der Waals surface area contributed by atoms with Crippen molar-refractivity contribution in [1.82, 2.24) is 0 Å². The summed E-state index contributed by atoms with van der Waals surface area (Å²) in [5, 5.41) is 1.21. The molecule has 1 aromatic heterocycles. The van der Waals surface area contributed by atoms with Crippen LogP contribution in [0, 0.1) is 0 Å². The molecule has 0 saturated heterocycles. The highest BCUT2D eigenvalue weighted by molar-refractivity contribution is 7.23. The number of methoxy groups -OCH3 is 1. The lowest BCUT2D eigenvalue weighted by Crippen LogP contribution is -1.82. The van der Waals surface area contributed by atoms with Crippen LogP contribution in [0.3, 0.4) is 0 Å². The van der Waals surface area contributed by atoms with E-state index in [0.29, 0.717) is 0 Å². The van der Waals surface area contributed by atoms with Gasteiger partial charge < -0.3 is 4.74 Å². The van der Waals surface area contributed by atoms with E-state index in [2.05, 4.69) is 12.1 Å². The zero-order valence-electron chi connectivity index (χ0n) is 9.81. The van der Waals surface area contributed by atoms with Gasteiger partial charge in [0.15, 0.2) is 0 Å². The van der Waals surface area contributed by atoms with Gasteiger partial charge in [0.2, 0.25) is 0 Å². The van der Waals surface area contributed by atoms with Crippen LogP contribution >= 0.6 is 22.9 Å². The van der Waals surface area contributed by atoms with Crippen molar-refractivity contribution >= 4 is 33.0 Å². The van der Waals surface area contributed by atoms with E-state index in [4.69, 9.17) is 16.3 Å². The fraction of sp³-hybridized carbons (Fsp3) is 0.0667. The second-order valence-electron chi connectivity index (χ2n) is 3.98. The van der Waals surface area contributed by atoms with E-state index < -0.39 is 0 Å². The number of benzene rings is 2. The zero-order valence-corrected chi connectivity index (χ0v) is 11.4. The van der Waals surface area contributed by atoms with Gasteiger partial charge >= 0.3 is 0 Å². The predicted molar refractivity (Wildman–Crippen MR) is 78.8 cm³/mol. The van der Waals surface area contributed by atoms with Crippen LogP contribution in [-0.4, -0.2) is 7.11 Å². The van der Waals surface area contributed by atoms with Crippen LogP contribution in [0.5, 0.6) is 5.75 Å². The van der Waals surface area contributed by atoms with Crippen molar-refractivity contribution in [3.63, 3.8) is 0 Å². The summed E-state index contributed by atoms with van der Waals surface area (Å²) in [6, 6.07) is 16.3. The van der Waals surface area contributed by atoms with Crippen molar-refractivity contribution in [3.8, 4) is 16.9 Å². The first-order valence-electron chi connectivity index (χ1n) is 5.61. The fourth-order valence-corrected chi connectivity index (χ4v) is 3.45. The summed E-state index contributed by atoms with van der Waals surface area (Å²) in [6.07, 6.45) is 0. The van der Waals surface area contributed by atoms with E-state index in [1.807, 2.05) is 36.4 Å². The number of halogens is 1. The lowest BCUT2D eigenvalue weighted by atomic mass is 10.0. The summed E-state index contributed by atoms with van der Waals surface area (Å²) in [4.78, 5) is 0. The first-order valence-corrected chi connectivity index (χ1v) is 6.80. The van der Waals surface area contributed by atoms with Gasteiger partial charge in [-0.15, -0.1) is 11.3 Å². The Kier molecular flexibility index (Phi) is 2.98. The molecule has 0 amide bonds. The minimum atomic E-state index is 0.835. The zero-order chi connectivity index (χ0) is 12.5. The molecule has 0 aliphatic heterocycles. The Morgan fingerprint density at radius 3 is 2.44 bits per heavy atom. The van der Waals surface area contributed by atoms with Gasteiger partial charge in [-0.25, -0.2) is 0 Å². The van der Waals surface area contributed by atoms with E-state index in [0.717, 1.165) is 21.2 Å². The maximum absolute atomic E-state index is 6.36.